The molecule has 18 heavy (non-hydrogen) atoms. The molecule has 1 N–H and O–H groups in total. The van der Waals surface area contributed by atoms with Crippen LogP contribution in [0.15, 0.2) is 0 Å². The van der Waals surface area contributed by atoms with Crippen LogP contribution in [0.1, 0.15) is 46.5 Å². The maximum absolute atomic E-state index is 10.9. The lowest BCUT2D eigenvalue weighted by molar-refractivity contribution is -0.138. The number of nitrogens with zero attached hydrogens (tertiary/aromatic N) is 2. The van der Waals surface area contributed by atoms with E-state index in [9.17, 15) is 4.79 Å². The summed E-state index contributed by atoms with van der Waals surface area (Å²) in [5, 5.41) is 8.94. The average Bonchev–Trinajstić information content (AvgIpc) is 3.03. The van der Waals surface area contributed by atoms with Crippen molar-refractivity contribution in [3.63, 3.8) is 0 Å². The van der Waals surface area contributed by atoms with Gasteiger partial charge in [-0.05, 0) is 39.7 Å². The van der Waals surface area contributed by atoms with Crippen molar-refractivity contribution in [3.8, 4) is 0 Å². The van der Waals surface area contributed by atoms with Crippen LogP contribution < -0.4 is 0 Å². The van der Waals surface area contributed by atoms with Crippen LogP contribution in [-0.4, -0.2) is 58.1 Å². The Morgan fingerprint density at radius 1 is 1.50 bits per heavy atom. The first kappa shape index (κ1) is 13.8. The fourth-order valence-corrected chi connectivity index (χ4v) is 3.48. The van der Waals surface area contributed by atoms with Gasteiger partial charge in [-0.1, -0.05) is 6.92 Å². The van der Waals surface area contributed by atoms with E-state index in [0.29, 0.717) is 12.1 Å². The van der Waals surface area contributed by atoms with Crippen LogP contribution in [0.3, 0.4) is 0 Å². The zero-order valence-corrected chi connectivity index (χ0v) is 11.8. The lowest BCUT2D eigenvalue weighted by Crippen LogP contribution is -2.44. The first-order valence-electron chi connectivity index (χ1n) is 7.26. The van der Waals surface area contributed by atoms with E-state index < -0.39 is 5.97 Å². The summed E-state index contributed by atoms with van der Waals surface area (Å²) >= 11 is 0. The van der Waals surface area contributed by atoms with Gasteiger partial charge in [-0.25, -0.2) is 0 Å². The second-order valence-corrected chi connectivity index (χ2v) is 5.94. The lowest BCUT2D eigenvalue weighted by atomic mass is 10.1. The molecule has 0 aromatic carbocycles. The molecule has 4 nitrogen and oxygen atoms in total. The van der Waals surface area contributed by atoms with Crippen LogP contribution in [-0.2, 0) is 4.79 Å². The lowest BCUT2D eigenvalue weighted by Gasteiger charge is -2.32. The Balaban J connectivity index is 1.93. The third-order valence-electron chi connectivity index (χ3n) is 4.49. The number of hydrogen-bond donors (Lipinski definition) is 1. The predicted molar refractivity (Wildman–Crippen MR) is 71.7 cm³/mol. The third-order valence-corrected chi connectivity index (χ3v) is 4.49. The highest BCUT2D eigenvalue weighted by Crippen LogP contribution is 2.35. The van der Waals surface area contributed by atoms with Gasteiger partial charge in [-0.15, -0.1) is 0 Å². The monoisotopic (exact) mass is 254 g/mol. The minimum Gasteiger partial charge on any atom is -0.481 e. The van der Waals surface area contributed by atoms with Gasteiger partial charge in [0, 0.05) is 30.7 Å². The molecular weight excluding hydrogens is 228 g/mol. The van der Waals surface area contributed by atoms with Gasteiger partial charge in [0.25, 0.3) is 0 Å². The summed E-state index contributed by atoms with van der Waals surface area (Å²) in [6.07, 6.45) is 4.15. The number of carboxylic acids is 1. The second kappa shape index (κ2) is 5.57. The van der Waals surface area contributed by atoms with E-state index in [1.165, 1.54) is 19.3 Å². The number of rotatable bonds is 6. The average molecular weight is 254 g/mol. The number of carbonyl (C=O) groups is 1. The van der Waals surface area contributed by atoms with Gasteiger partial charge in [0.2, 0.25) is 0 Å². The van der Waals surface area contributed by atoms with E-state index in [0.717, 1.165) is 19.1 Å². The minimum atomic E-state index is -0.689. The van der Waals surface area contributed by atoms with Crippen LogP contribution in [0.5, 0.6) is 0 Å². The molecule has 0 bridgehead atoms. The fraction of sp³-hybridized carbons (Fsp3) is 0.929. The van der Waals surface area contributed by atoms with Crippen molar-refractivity contribution in [2.75, 3.05) is 13.1 Å². The van der Waals surface area contributed by atoms with Crippen molar-refractivity contribution in [1.82, 2.24) is 9.80 Å². The summed E-state index contributed by atoms with van der Waals surface area (Å²) in [4.78, 5) is 15.9. The molecule has 0 radical (unpaired) electrons. The number of aliphatic carboxylic acids is 1. The van der Waals surface area contributed by atoms with Crippen molar-refractivity contribution in [1.29, 1.82) is 0 Å². The van der Waals surface area contributed by atoms with E-state index in [4.69, 9.17) is 5.11 Å². The first-order valence-corrected chi connectivity index (χ1v) is 7.26. The second-order valence-electron chi connectivity index (χ2n) is 5.94. The highest BCUT2D eigenvalue weighted by atomic mass is 16.4. The molecule has 0 aromatic rings. The molecule has 1 aliphatic heterocycles. The Bertz CT molecular complexity index is 304. The number of likely N-dealkylation sites (tertiary alicyclic amines) is 1. The Morgan fingerprint density at radius 2 is 2.17 bits per heavy atom. The zero-order valence-electron chi connectivity index (χ0n) is 11.8. The van der Waals surface area contributed by atoms with Gasteiger partial charge >= 0.3 is 5.97 Å². The van der Waals surface area contributed by atoms with Gasteiger partial charge in [-0.3, -0.25) is 14.6 Å². The predicted octanol–water partition coefficient (Wildman–Crippen LogP) is 1.80. The molecule has 1 aliphatic carbocycles. The SMILES string of the molecule is CCN(C(C)CC(=O)O)C1CC(C)N(C2CC2)C1. The molecule has 0 spiro atoms. The van der Waals surface area contributed by atoms with Crippen LogP contribution in [0.4, 0.5) is 0 Å². The maximum Gasteiger partial charge on any atom is 0.304 e. The molecule has 4 heteroatoms. The van der Waals surface area contributed by atoms with Crippen molar-refractivity contribution >= 4 is 5.97 Å². The molecule has 0 amide bonds. The van der Waals surface area contributed by atoms with Crippen molar-refractivity contribution in [2.24, 2.45) is 0 Å². The van der Waals surface area contributed by atoms with E-state index in [1.807, 2.05) is 6.92 Å². The van der Waals surface area contributed by atoms with E-state index in [-0.39, 0.29) is 12.5 Å². The molecule has 3 unspecified atom stereocenters. The van der Waals surface area contributed by atoms with Gasteiger partial charge in [0.1, 0.15) is 0 Å². The topological polar surface area (TPSA) is 43.8 Å². The summed E-state index contributed by atoms with van der Waals surface area (Å²) < 4.78 is 0. The van der Waals surface area contributed by atoms with Crippen LogP contribution in [0.25, 0.3) is 0 Å². The molecule has 104 valence electrons. The Labute approximate surface area is 110 Å². The van der Waals surface area contributed by atoms with E-state index in [1.54, 1.807) is 0 Å². The molecule has 1 saturated carbocycles. The quantitative estimate of drug-likeness (QED) is 0.785. The molecule has 1 saturated heterocycles. The Morgan fingerprint density at radius 3 is 2.67 bits per heavy atom. The number of hydrogen-bond acceptors (Lipinski definition) is 3. The van der Waals surface area contributed by atoms with E-state index >= 15 is 0 Å². The molecule has 2 rings (SSSR count). The van der Waals surface area contributed by atoms with Gasteiger partial charge < -0.3 is 5.11 Å². The smallest absolute Gasteiger partial charge is 0.304 e. The highest BCUT2D eigenvalue weighted by molar-refractivity contribution is 5.67. The van der Waals surface area contributed by atoms with Crippen molar-refractivity contribution in [3.05, 3.63) is 0 Å². The standard InChI is InChI=1S/C14H26N2O2/c1-4-15(11(3)8-14(17)18)13-7-10(2)16(9-13)12-5-6-12/h10-13H,4-9H2,1-3H3,(H,17,18). The van der Waals surface area contributed by atoms with Crippen molar-refractivity contribution < 1.29 is 9.90 Å². The van der Waals surface area contributed by atoms with Gasteiger partial charge in [0.05, 0.1) is 6.42 Å². The Hall–Kier alpha value is -0.610. The molecule has 1 heterocycles. The Kier molecular flexibility index (Phi) is 4.28. The molecule has 0 aromatic heterocycles. The van der Waals surface area contributed by atoms with Gasteiger partial charge in [0.15, 0.2) is 0 Å². The van der Waals surface area contributed by atoms with E-state index in [2.05, 4.69) is 23.6 Å². The molecule has 2 fully saturated rings. The van der Waals surface area contributed by atoms with Crippen molar-refractivity contribution in [2.45, 2.75) is 70.6 Å². The van der Waals surface area contributed by atoms with Gasteiger partial charge in [-0.2, -0.15) is 0 Å². The highest BCUT2D eigenvalue weighted by Gasteiger charge is 2.41. The summed E-state index contributed by atoms with van der Waals surface area (Å²) in [5.74, 6) is -0.689. The van der Waals surface area contributed by atoms with Crippen LogP contribution in [0, 0.1) is 0 Å². The minimum absolute atomic E-state index is 0.142. The first-order chi connectivity index (χ1) is 8.52. The normalized spacial score (nSPS) is 30.9. The summed E-state index contributed by atoms with van der Waals surface area (Å²) in [5.41, 5.74) is 0. The van der Waals surface area contributed by atoms with Crippen LogP contribution >= 0.6 is 0 Å². The maximum atomic E-state index is 10.9. The zero-order chi connectivity index (χ0) is 13.3. The summed E-state index contributed by atoms with van der Waals surface area (Å²) in [6, 6.07) is 2.16. The fourth-order valence-electron chi connectivity index (χ4n) is 3.48. The summed E-state index contributed by atoms with van der Waals surface area (Å²) in [6.45, 7) is 8.58. The largest absolute Gasteiger partial charge is 0.481 e. The third kappa shape index (κ3) is 3.04. The number of likely N-dealkylation sites (N-methyl/N-ethyl adjacent to an activating group) is 1. The molecular formula is C14H26N2O2. The molecule has 3 atom stereocenters. The van der Waals surface area contributed by atoms with Crippen LogP contribution in [0.2, 0.25) is 0 Å². The molecule has 2 aliphatic rings. The summed E-state index contributed by atoms with van der Waals surface area (Å²) in [7, 11) is 0. The number of carboxylic acid groups (broad SMARTS) is 1.